The molecule has 0 N–H and O–H groups in total. The summed E-state index contributed by atoms with van der Waals surface area (Å²) < 4.78 is 16.9. The number of aromatic nitrogens is 4. The van der Waals surface area contributed by atoms with E-state index in [-0.39, 0.29) is 18.4 Å². The molecule has 0 aliphatic carbocycles. The molecule has 1 heterocycles. The smallest absolute Gasteiger partial charge is 0.235 e. The molecule has 212 valence electrons. The summed E-state index contributed by atoms with van der Waals surface area (Å²) in [6, 6.07) is 12.9. The number of para-hydroxylation sites is 1. The van der Waals surface area contributed by atoms with E-state index in [1.807, 2.05) is 30.3 Å². The Morgan fingerprint density at radius 3 is 2.10 bits per heavy atom. The Labute approximate surface area is 232 Å². The second kappa shape index (κ2) is 15.7. The molecule has 2 aromatic carbocycles. The number of carbonyl (C=O) groups excluding carboxylic acids is 1. The number of rotatable bonds is 17. The fourth-order valence-corrected chi connectivity index (χ4v) is 4.72. The second-order valence-corrected chi connectivity index (χ2v) is 9.76. The topological polar surface area (TPSA) is 91.6 Å². The van der Waals surface area contributed by atoms with Crippen LogP contribution in [0, 0.1) is 0 Å². The van der Waals surface area contributed by atoms with Crippen molar-refractivity contribution in [1.82, 2.24) is 20.2 Å². The Hall–Kier alpha value is -3.62. The molecule has 39 heavy (non-hydrogen) atoms. The van der Waals surface area contributed by atoms with Crippen molar-refractivity contribution in [3.8, 4) is 22.9 Å². The van der Waals surface area contributed by atoms with Gasteiger partial charge in [0.15, 0.2) is 5.82 Å². The quantitative estimate of drug-likeness (QED) is 0.190. The first-order valence-electron chi connectivity index (χ1n) is 14.0. The molecule has 9 heteroatoms. The first-order chi connectivity index (χ1) is 19.0. The largest absolute Gasteiger partial charge is 0.496 e. The molecule has 1 unspecified atom stereocenters. The molecule has 0 fully saturated rings. The van der Waals surface area contributed by atoms with Crippen molar-refractivity contribution in [2.75, 3.05) is 26.2 Å². The van der Waals surface area contributed by atoms with Crippen LogP contribution >= 0.6 is 0 Å². The van der Waals surface area contributed by atoms with Crippen LogP contribution in [0.3, 0.4) is 0 Å². The van der Waals surface area contributed by atoms with Crippen LogP contribution in [0.15, 0.2) is 42.5 Å². The summed E-state index contributed by atoms with van der Waals surface area (Å²) in [5, 5.41) is 12.7. The molecule has 0 bridgehead atoms. The number of hydrogen-bond donors (Lipinski definition) is 0. The predicted octanol–water partition coefficient (Wildman–Crippen LogP) is 6.18. The van der Waals surface area contributed by atoms with Gasteiger partial charge in [0.05, 0.1) is 33.4 Å². The summed E-state index contributed by atoms with van der Waals surface area (Å²) in [5.74, 6) is 1.78. The Balaban J connectivity index is 1.80. The van der Waals surface area contributed by atoms with E-state index >= 15 is 0 Å². The van der Waals surface area contributed by atoms with E-state index in [1.165, 1.54) is 43.3 Å². The monoisotopic (exact) mass is 537 g/mol. The normalized spacial score (nSPS) is 11.7. The molecule has 0 aliphatic rings. The highest BCUT2D eigenvalue weighted by Crippen LogP contribution is 2.43. The number of amides is 1. The van der Waals surface area contributed by atoms with Crippen molar-refractivity contribution in [3.63, 3.8) is 0 Å². The lowest BCUT2D eigenvalue weighted by molar-refractivity contribution is -0.118. The summed E-state index contributed by atoms with van der Waals surface area (Å²) >= 11 is 0. The van der Waals surface area contributed by atoms with Gasteiger partial charge in [-0.25, -0.2) is 0 Å². The molecular formula is C30H43N5O4. The van der Waals surface area contributed by atoms with Gasteiger partial charge in [0.25, 0.3) is 0 Å². The third-order valence-electron chi connectivity index (χ3n) is 6.87. The third-order valence-corrected chi connectivity index (χ3v) is 6.87. The lowest BCUT2D eigenvalue weighted by Crippen LogP contribution is -2.40. The van der Waals surface area contributed by atoms with Gasteiger partial charge in [-0.2, -0.15) is 0 Å². The number of unbranched alkanes of at least 4 members (excludes halogenated alkanes) is 7. The molecule has 1 aromatic heterocycles. The van der Waals surface area contributed by atoms with Gasteiger partial charge < -0.3 is 19.1 Å². The number of methoxy groups -OCH3 is 3. The van der Waals surface area contributed by atoms with Crippen LogP contribution < -0.4 is 19.1 Å². The average molecular weight is 538 g/mol. The minimum absolute atomic E-state index is 0.00700. The third kappa shape index (κ3) is 8.43. The Kier molecular flexibility index (Phi) is 12.1. The van der Waals surface area contributed by atoms with E-state index in [0.29, 0.717) is 28.8 Å². The second-order valence-electron chi connectivity index (χ2n) is 9.76. The van der Waals surface area contributed by atoms with Gasteiger partial charge in [0, 0.05) is 18.2 Å². The van der Waals surface area contributed by atoms with Gasteiger partial charge >= 0.3 is 0 Å². The zero-order valence-electron chi connectivity index (χ0n) is 24.1. The molecule has 3 rings (SSSR count). The van der Waals surface area contributed by atoms with Crippen molar-refractivity contribution in [1.29, 1.82) is 0 Å². The lowest BCUT2D eigenvalue weighted by atomic mass is 10.0. The molecule has 0 spiro atoms. The maximum absolute atomic E-state index is 13.9. The Morgan fingerprint density at radius 1 is 0.897 bits per heavy atom. The highest BCUT2D eigenvalue weighted by Gasteiger charge is 2.30. The molecule has 0 saturated heterocycles. The Bertz CT molecular complexity index is 1130. The molecule has 9 nitrogen and oxygen atoms in total. The summed E-state index contributed by atoms with van der Waals surface area (Å²) in [6.07, 6.45) is 10.7. The Morgan fingerprint density at radius 2 is 1.51 bits per heavy atom. The fraction of sp³-hybridized carbons (Fsp3) is 0.533. The van der Waals surface area contributed by atoms with Crippen LogP contribution in [0.4, 0.5) is 5.69 Å². The molecule has 1 amide bonds. The lowest BCUT2D eigenvalue weighted by Gasteiger charge is -2.32. The summed E-state index contributed by atoms with van der Waals surface area (Å²) in [7, 11) is 4.75. The van der Waals surface area contributed by atoms with E-state index in [0.717, 1.165) is 24.9 Å². The van der Waals surface area contributed by atoms with E-state index in [1.54, 1.807) is 38.4 Å². The summed E-state index contributed by atoms with van der Waals surface area (Å²) in [6.45, 7) is 4.30. The van der Waals surface area contributed by atoms with Crippen molar-refractivity contribution >= 4 is 11.6 Å². The standard InChI is InChI=1S/C30H43N5O4/c1-6-7-8-9-10-11-12-14-17-23(2)34(30-26(38-4)20-25(37-3)21-27(30)39-5)29(36)22-28-31-33-35(32-28)24-18-15-13-16-19-24/h13,15-16,18-21,23H,6-12,14,17,22H2,1-5H3. The summed E-state index contributed by atoms with van der Waals surface area (Å²) in [4.78, 5) is 17.1. The molecule has 0 saturated carbocycles. The molecular weight excluding hydrogens is 494 g/mol. The van der Waals surface area contributed by atoms with E-state index in [4.69, 9.17) is 14.2 Å². The minimum Gasteiger partial charge on any atom is -0.496 e. The van der Waals surface area contributed by atoms with Gasteiger partial charge in [-0.05, 0) is 30.7 Å². The van der Waals surface area contributed by atoms with Crippen LogP contribution in [0.25, 0.3) is 5.69 Å². The van der Waals surface area contributed by atoms with Crippen molar-refractivity contribution in [2.45, 2.75) is 84.1 Å². The van der Waals surface area contributed by atoms with Crippen molar-refractivity contribution in [3.05, 3.63) is 48.3 Å². The number of benzene rings is 2. The van der Waals surface area contributed by atoms with Crippen molar-refractivity contribution < 1.29 is 19.0 Å². The molecule has 0 aliphatic heterocycles. The number of nitrogens with zero attached hydrogens (tertiary/aromatic N) is 5. The SMILES string of the molecule is CCCCCCCCCCC(C)N(C(=O)Cc1nnn(-c2ccccc2)n1)c1c(OC)cc(OC)cc1OC. The van der Waals surface area contributed by atoms with Crippen molar-refractivity contribution in [2.24, 2.45) is 0 Å². The van der Waals surface area contributed by atoms with Gasteiger partial charge in [-0.15, -0.1) is 15.0 Å². The van der Waals surface area contributed by atoms with Gasteiger partial charge in [0.2, 0.25) is 5.91 Å². The van der Waals surface area contributed by atoms with E-state index in [9.17, 15) is 4.79 Å². The van der Waals surface area contributed by atoms with Crippen LogP contribution in [0.1, 0.15) is 77.5 Å². The molecule has 0 radical (unpaired) electrons. The number of hydrogen-bond acceptors (Lipinski definition) is 7. The van der Waals surface area contributed by atoms with Gasteiger partial charge in [-0.1, -0.05) is 76.5 Å². The van der Waals surface area contributed by atoms with Crippen LogP contribution in [0.2, 0.25) is 0 Å². The van der Waals surface area contributed by atoms with Gasteiger partial charge in [0.1, 0.15) is 22.9 Å². The maximum atomic E-state index is 13.9. The van der Waals surface area contributed by atoms with Gasteiger partial charge in [-0.3, -0.25) is 4.79 Å². The minimum atomic E-state index is -0.156. The van der Waals surface area contributed by atoms with Crippen LogP contribution in [-0.2, 0) is 11.2 Å². The number of carbonyl (C=O) groups is 1. The average Bonchev–Trinajstić information content (AvgIpc) is 3.43. The first kappa shape index (κ1) is 29.9. The highest BCUT2D eigenvalue weighted by molar-refractivity contribution is 5.98. The van der Waals surface area contributed by atoms with E-state index in [2.05, 4.69) is 29.3 Å². The maximum Gasteiger partial charge on any atom is 0.235 e. The van der Waals surface area contributed by atoms with E-state index < -0.39 is 0 Å². The molecule has 3 aromatic rings. The number of ether oxygens (including phenoxy) is 3. The first-order valence-corrected chi connectivity index (χ1v) is 14.0. The predicted molar refractivity (Wildman–Crippen MR) is 153 cm³/mol. The zero-order chi connectivity index (χ0) is 28.0. The highest BCUT2D eigenvalue weighted by atomic mass is 16.5. The molecule has 1 atom stereocenters. The van der Waals surface area contributed by atoms with Crippen LogP contribution in [-0.4, -0.2) is 53.5 Å². The number of anilines is 1. The van der Waals surface area contributed by atoms with Crippen LogP contribution in [0.5, 0.6) is 17.2 Å². The summed E-state index contributed by atoms with van der Waals surface area (Å²) in [5.41, 5.74) is 1.36. The number of tetrazole rings is 1. The fourth-order valence-electron chi connectivity index (χ4n) is 4.72. The zero-order valence-corrected chi connectivity index (χ0v) is 24.1.